The predicted molar refractivity (Wildman–Crippen MR) is 103 cm³/mol. The summed E-state index contributed by atoms with van der Waals surface area (Å²) < 4.78 is 0. The third kappa shape index (κ3) is 6.45. The number of aryl methyl sites for hydroxylation is 1. The van der Waals surface area contributed by atoms with Gasteiger partial charge in [-0.05, 0) is 70.1 Å². The van der Waals surface area contributed by atoms with Crippen molar-refractivity contribution in [3.63, 3.8) is 0 Å². The first-order chi connectivity index (χ1) is 12.3. The Hall–Kier alpha value is -1.88. The SMILES string of the molecule is CC(=O)NCC[C@@H]1CCCCN1C(=O)c1cccc(CCC(C)(C)O)c1. The van der Waals surface area contributed by atoms with Crippen molar-refractivity contribution in [1.82, 2.24) is 10.2 Å². The molecule has 0 aromatic heterocycles. The van der Waals surface area contributed by atoms with Crippen LogP contribution in [0.3, 0.4) is 0 Å². The summed E-state index contributed by atoms with van der Waals surface area (Å²) in [4.78, 5) is 26.1. The van der Waals surface area contributed by atoms with E-state index in [0.717, 1.165) is 44.2 Å². The minimum absolute atomic E-state index is 0.0294. The summed E-state index contributed by atoms with van der Waals surface area (Å²) in [5.41, 5.74) is 1.08. The number of carbonyl (C=O) groups is 2. The van der Waals surface area contributed by atoms with E-state index < -0.39 is 5.60 Å². The van der Waals surface area contributed by atoms with Gasteiger partial charge in [-0.2, -0.15) is 0 Å². The molecule has 0 aliphatic carbocycles. The lowest BCUT2D eigenvalue weighted by Crippen LogP contribution is -2.45. The third-order valence-corrected chi connectivity index (χ3v) is 4.94. The van der Waals surface area contributed by atoms with Crippen molar-refractivity contribution < 1.29 is 14.7 Å². The minimum atomic E-state index is -0.707. The fourth-order valence-corrected chi connectivity index (χ4v) is 3.46. The van der Waals surface area contributed by atoms with Crippen molar-refractivity contribution >= 4 is 11.8 Å². The molecule has 2 N–H and O–H groups in total. The van der Waals surface area contributed by atoms with Gasteiger partial charge in [0.05, 0.1) is 5.60 Å². The number of piperidine rings is 1. The van der Waals surface area contributed by atoms with Crippen LogP contribution in [0.2, 0.25) is 0 Å². The Kier molecular flexibility index (Phi) is 7.21. The highest BCUT2D eigenvalue weighted by Gasteiger charge is 2.27. The molecule has 0 saturated carbocycles. The largest absolute Gasteiger partial charge is 0.390 e. The molecule has 26 heavy (non-hydrogen) atoms. The van der Waals surface area contributed by atoms with E-state index in [-0.39, 0.29) is 17.9 Å². The van der Waals surface area contributed by atoms with E-state index in [9.17, 15) is 14.7 Å². The molecular weight excluding hydrogens is 328 g/mol. The van der Waals surface area contributed by atoms with E-state index >= 15 is 0 Å². The quantitative estimate of drug-likeness (QED) is 0.785. The van der Waals surface area contributed by atoms with E-state index in [1.807, 2.05) is 29.2 Å². The van der Waals surface area contributed by atoms with E-state index in [2.05, 4.69) is 5.32 Å². The van der Waals surface area contributed by atoms with Gasteiger partial charge in [-0.15, -0.1) is 0 Å². The molecule has 1 saturated heterocycles. The highest BCUT2D eigenvalue weighted by Crippen LogP contribution is 2.23. The van der Waals surface area contributed by atoms with Crippen molar-refractivity contribution in [2.75, 3.05) is 13.1 Å². The van der Waals surface area contributed by atoms with Crippen molar-refractivity contribution in [2.24, 2.45) is 0 Å². The molecule has 1 aliphatic heterocycles. The van der Waals surface area contributed by atoms with Crippen LogP contribution in [-0.4, -0.2) is 46.6 Å². The first-order valence-corrected chi connectivity index (χ1v) is 9.63. The van der Waals surface area contributed by atoms with E-state index in [4.69, 9.17) is 0 Å². The van der Waals surface area contributed by atoms with Crippen LogP contribution >= 0.6 is 0 Å². The molecule has 0 radical (unpaired) electrons. The van der Waals surface area contributed by atoms with Gasteiger partial charge in [0.15, 0.2) is 0 Å². The van der Waals surface area contributed by atoms with Crippen LogP contribution in [0.15, 0.2) is 24.3 Å². The zero-order chi connectivity index (χ0) is 19.2. The predicted octanol–water partition coefficient (Wildman–Crippen LogP) is 2.91. The summed E-state index contributed by atoms with van der Waals surface area (Å²) in [5, 5.41) is 12.7. The van der Waals surface area contributed by atoms with E-state index in [1.54, 1.807) is 13.8 Å². The summed E-state index contributed by atoms with van der Waals surface area (Å²) in [6, 6.07) is 7.93. The van der Waals surface area contributed by atoms with Crippen LogP contribution in [0, 0.1) is 0 Å². The number of carbonyl (C=O) groups excluding carboxylic acids is 2. The second-order valence-electron chi connectivity index (χ2n) is 7.93. The Morgan fingerprint density at radius 1 is 1.31 bits per heavy atom. The van der Waals surface area contributed by atoms with Crippen molar-refractivity contribution in [3.8, 4) is 0 Å². The van der Waals surface area contributed by atoms with E-state index in [0.29, 0.717) is 18.5 Å². The zero-order valence-electron chi connectivity index (χ0n) is 16.3. The average Bonchev–Trinajstić information content (AvgIpc) is 2.59. The van der Waals surface area contributed by atoms with Crippen molar-refractivity contribution in [1.29, 1.82) is 0 Å². The summed E-state index contributed by atoms with van der Waals surface area (Å²) in [7, 11) is 0. The van der Waals surface area contributed by atoms with Crippen LogP contribution in [0.5, 0.6) is 0 Å². The number of likely N-dealkylation sites (tertiary alicyclic amines) is 1. The Bertz CT molecular complexity index is 622. The number of benzene rings is 1. The van der Waals surface area contributed by atoms with Crippen LogP contribution in [0.1, 0.15) is 68.8 Å². The fraction of sp³-hybridized carbons (Fsp3) is 0.619. The molecular formula is C21H32N2O3. The lowest BCUT2D eigenvalue weighted by Gasteiger charge is -2.36. The van der Waals surface area contributed by atoms with Gasteiger partial charge in [0.25, 0.3) is 5.91 Å². The van der Waals surface area contributed by atoms with Crippen LogP contribution in [0.25, 0.3) is 0 Å². The fourth-order valence-electron chi connectivity index (χ4n) is 3.46. The Morgan fingerprint density at radius 2 is 2.08 bits per heavy atom. The van der Waals surface area contributed by atoms with Gasteiger partial charge in [0, 0.05) is 31.6 Å². The summed E-state index contributed by atoms with van der Waals surface area (Å²) in [6.45, 7) is 6.50. The number of nitrogens with one attached hydrogen (secondary N) is 1. The molecule has 0 bridgehead atoms. The van der Waals surface area contributed by atoms with Crippen LogP contribution in [-0.2, 0) is 11.2 Å². The summed E-state index contributed by atoms with van der Waals surface area (Å²) >= 11 is 0. The van der Waals surface area contributed by atoms with Gasteiger partial charge in [0.1, 0.15) is 0 Å². The Balaban J connectivity index is 2.04. The second-order valence-corrected chi connectivity index (χ2v) is 7.93. The molecule has 1 atom stereocenters. The number of hydrogen-bond donors (Lipinski definition) is 2. The number of aliphatic hydroxyl groups is 1. The van der Waals surface area contributed by atoms with Crippen LogP contribution in [0.4, 0.5) is 0 Å². The maximum atomic E-state index is 13.0. The third-order valence-electron chi connectivity index (χ3n) is 4.94. The molecule has 1 heterocycles. The molecule has 1 aromatic rings. The molecule has 0 unspecified atom stereocenters. The minimum Gasteiger partial charge on any atom is -0.390 e. The van der Waals surface area contributed by atoms with Crippen molar-refractivity contribution in [2.45, 2.75) is 70.9 Å². The molecule has 144 valence electrons. The van der Waals surface area contributed by atoms with E-state index in [1.165, 1.54) is 6.92 Å². The average molecular weight is 360 g/mol. The monoisotopic (exact) mass is 360 g/mol. The van der Waals surface area contributed by atoms with Gasteiger partial charge in [-0.1, -0.05) is 12.1 Å². The number of amides is 2. The molecule has 1 fully saturated rings. The lowest BCUT2D eigenvalue weighted by atomic mass is 9.96. The maximum Gasteiger partial charge on any atom is 0.254 e. The highest BCUT2D eigenvalue weighted by atomic mass is 16.3. The highest BCUT2D eigenvalue weighted by molar-refractivity contribution is 5.94. The smallest absolute Gasteiger partial charge is 0.254 e. The molecule has 1 aromatic carbocycles. The van der Waals surface area contributed by atoms with Gasteiger partial charge >= 0.3 is 0 Å². The van der Waals surface area contributed by atoms with Crippen LogP contribution < -0.4 is 5.32 Å². The first kappa shape index (κ1) is 20.4. The standard InChI is InChI=1S/C21H32N2O3/c1-16(24)22-13-11-19-9-4-5-14-23(19)20(25)18-8-6-7-17(15-18)10-12-21(2,3)26/h6-8,15,19,26H,4-5,9-14H2,1-3H3,(H,22,24)/t19-/m0/s1. The summed E-state index contributed by atoms with van der Waals surface area (Å²) in [6.07, 6.45) is 5.35. The van der Waals surface area contributed by atoms with Gasteiger partial charge < -0.3 is 15.3 Å². The molecule has 2 rings (SSSR count). The molecule has 1 aliphatic rings. The first-order valence-electron chi connectivity index (χ1n) is 9.63. The topological polar surface area (TPSA) is 69.6 Å². The Morgan fingerprint density at radius 3 is 2.77 bits per heavy atom. The molecule has 5 nitrogen and oxygen atoms in total. The number of rotatable bonds is 7. The second kappa shape index (κ2) is 9.17. The van der Waals surface area contributed by atoms with Gasteiger partial charge in [0.2, 0.25) is 5.91 Å². The molecule has 5 heteroatoms. The zero-order valence-corrected chi connectivity index (χ0v) is 16.3. The normalized spacial score (nSPS) is 17.8. The number of hydrogen-bond acceptors (Lipinski definition) is 3. The van der Waals surface area contributed by atoms with Crippen molar-refractivity contribution in [3.05, 3.63) is 35.4 Å². The van der Waals surface area contributed by atoms with Gasteiger partial charge in [-0.25, -0.2) is 0 Å². The molecule has 0 spiro atoms. The maximum absolute atomic E-state index is 13.0. The summed E-state index contributed by atoms with van der Waals surface area (Å²) in [5.74, 6) is 0.0424. The van der Waals surface area contributed by atoms with Gasteiger partial charge in [-0.3, -0.25) is 9.59 Å². The Labute approximate surface area is 156 Å². The molecule has 2 amide bonds. The number of nitrogens with zero attached hydrogens (tertiary/aromatic N) is 1. The lowest BCUT2D eigenvalue weighted by molar-refractivity contribution is -0.119.